The van der Waals surface area contributed by atoms with E-state index in [-0.39, 0.29) is 39.8 Å². The summed E-state index contributed by atoms with van der Waals surface area (Å²) in [4.78, 5) is 29.5. The van der Waals surface area contributed by atoms with Gasteiger partial charge in [0.1, 0.15) is 18.3 Å². The Morgan fingerprint density at radius 3 is 2.33 bits per heavy atom. The third-order valence-electron chi connectivity index (χ3n) is 7.82. The van der Waals surface area contributed by atoms with Gasteiger partial charge in [-0.2, -0.15) is 0 Å². The number of hydrogen-bond donors (Lipinski definition) is 1. The largest absolute Gasteiger partial charge is 0.495 e. The molecule has 0 aromatic heterocycles. The number of nitrogens with zero attached hydrogens (tertiary/aromatic N) is 2. The molecule has 0 saturated heterocycles. The Kier molecular flexibility index (Phi) is 10.7. The van der Waals surface area contributed by atoms with E-state index in [1.54, 1.807) is 24.3 Å². The maximum absolute atomic E-state index is 14.3. The first-order chi connectivity index (χ1) is 20.5. The van der Waals surface area contributed by atoms with Crippen LogP contribution < -0.4 is 14.4 Å². The van der Waals surface area contributed by atoms with Crippen LogP contribution in [0.2, 0.25) is 5.02 Å². The van der Waals surface area contributed by atoms with Crippen molar-refractivity contribution in [1.82, 2.24) is 10.2 Å². The van der Waals surface area contributed by atoms with Crippen LogP contribution in [0.1, 0.15) is 55.7 Å². The van der Waals surface area contributed by atoms with Crippen LogP contribution in [0.15, 0.2) is 71.6 Å². The lowest BCUT2D eigenvalue weighted by molar-refractivity contribution is -0.140. The van der Waals surface area contributed by atoms with E-state index in [2.05, 4.69) is 5.32 Å². The fraction of sp³-hybridized carbons (Fsp3) is 0.394. The van der Waals surface area contributed by atoms with Crippen molar-refractivity contribution in [2.24, 2.45) is 0 Å². The smallest absolute Gasteiger partial charge is 0.264 e. The van der Waals surface area contributed by atoms with Gasteiger partial charge in [-0.3, -0.25) is 13.9 Å². The number of benzene rings is 3. The van der Waals surface area contributed by atoms with Gasteiger partial charge in [0.15, 0.2) is 0 Å². The zero-order chi connectivity index (χ0) is 31.1. The maximum atomic E-state index is 14.3. The Labute approximate surface area is 260 Å². The molecule has 0 radical (unpaired) electrons. The summed E-state index contributed by atoms with van der Waals surface area (Å²) in [7, 11) is -2.83. The number of rotatable bonds is 12. The molecule has 3 aromatic rings. The molecule has 0 bridgehead atoms. The lowest BCUT2D eigenvalue weighted by Crippen LogP contribution is -2.53. The number of sulfonamides is 1. The molecule has 1 fully saturated rings. The molecule has 1 aliphatic carbocycles. The lowest BCUT2D eigenvalue weighted by atomic mass is 10.1. The molecule has 10 heteroatoms. The molecule has 43 heavy (non-hydrogen) atoms. The summed E-state index contributed by atoms with van der Waals surface area (Å²) < 4.78 is 34.9. The van der Waals surface area contributed by atoms with Crippen LogP contribution in [0.3, 0.4) is 0 Å². The standard InChI is InChI=1S/C33H40ClN3O5S/c1-5-29(33(39)35-27-11-6-7-12-27)36(21-25-10-8-9-24(3)19-25)32(38)22-37(30-20-26(34)15-18-31(30)42-4)43(40,41)28-16-13-23(2)14-17-28/h8-10,13-20,27,29H,5-7,11-12,21-22H2,1-4H3,(H,35,39)/t29-/m1/s1. The first-order valence-electron chi connectivity index (χ1n) is 14.6. The van der Waals surface area contributed by atoms with E-state index in [1.165, 1.54) is 30.2 Å². The minimum Gasteiger partial charge on any atom is -0.495 e. The van der Waals surface area contributed by atoms with Crippen molar-refractivity contribution < 1.29 is 22.7 Å². The van der Waals surface area contributed by atoms with E-state index in [0.717, 1.165) is 46.7 Å². The average Bonchev–Trinajstić information content (AvgIpc) is 3.49. The summed E-state index contributed by atoms with van der Waals surface area (Å²) in [6.07, 6.45) is 4.29. The number of methoxy groups -OCH3 is 1. The van der Waals surface area contributed by atoms with E-state index < -0.39 is 28.5 Å². The molecule has 1 saturated carbocycles. The van der Waals surface area contributed by atoms with Crippen LogP contribution in [-0.2, 0) is 26.2 Å². The van der Waals surface area contributed by atoms with Gasteiger partial charge in [0.25, 0.3) is 10.0 Å². The van der Waals surface area contributed by atoms with Crippen molar-refractivity contribution in [3.8, 4) is 5.75 Å². The number of anilines is 1. The van der Waals surface area contributed by atoms with Crippen LogP contribution in [0.5, 0.6) is 5.75 Å². The summed E-state index contributed by atoms with van der Waals surface area (Å²) in [6, 6.07) is 18.0. The van der Waals surface area contributed by atoms with Crippen LogP contribution in [0.4, 0.5) is 5.69 Å². The van der Waals surface area contributed by atoms with Gasteiger partial charge in [0, 0.05) is 17.6 Å². The second-order valence-electron chi connectivity index (χ2n) is 11.1. The summed E-state index contributed by atoms with van der Waals surface area (Å²) in [5.74, 6) is -0.513. The summed E-state index contributed by atoms with van der Waals surface area (Å²) in [5, 5.41) is 3.42. The first-order valence-corrected chi connectivity index (χ1v) is 16.4. The van der Waals surface area contributed by atoms with Gasteiger partial charge in [-0.1, -0.05) is 78.9 Å². The van der Waals surface area contributed by atoms with Gasteiger partial charge in [0.2, 0.25) is 11.8 Å². The topological polar surface area (TPSA) is 96.0 Å². The van der Waals surface area contributed by atoms with Gasteiger partial charge in [-0.05, 0) is 69.0 Å². The van der Waals surface area contributed by atoms with Gasteiger partial charge in [0.05, 0.1) is 17.7 Å². The number of hydrogen-bond acceptors (Lipinski definition) is 5. The molecule has 8 nitrogen and oxygen atoms in total. The van der Waals surface area contributed by atoms with Gasteiger partial charge >= 0.3 is 0 Å². The Balaban J connectivity index is 1.77. The zero-order valence-corrected chi connectivity index (χ0v) is 26.7. The fourth-order valence-electron chi connectivity index (χ4n) is 5.50. The number of amides is 2. The van der Waals surface area contributed by atoms with E-state index in [9.17, 15) is 18.0 Å². The molecule has 2 amide bonds. The Morgan fingerprint density at radius 2 is 1.70 bits per heavy atom. The van der Waals surface area contributed by atoms with Gasteiger partial charge < -0.3 is 15.0 Å². The van der Waals surface area contributed by atoms with Gasteiger partial charge in [-0.25, -0.2) is 8.42 Å². The molecule has 1 atom stereocenters. The number of carbonyl (C=O) groups excluding carboxylic acids is 2. The molecule has 1 aliphatic rings. The number of ether oxygens (including phenoxy) is 1. The monoisotopic (exact) mass is 625 g/mol. The van der Waals surface area contributed by atoms with Crippen molar-refractivity contribution in [2.45, 2.75) is 76.4 Å². The Hall–Kier alpha value is -3.56. The SMILES string of the molecule is CC[C@H](C(=O)NC1CCCC1)N(Cc1cccc(C)c1)C(=O)CN(c1cc(Cl)ccc1OC)S(=O)(=O)c1ccc(C)cc1. The fourth-order valence-corrected chi connectivity index (χ4v) is 7.09. The third kappa shape index (κ3) is 7.89. The molecular formula is C33H40ClN3O5S. The molecule has 3 aromatic carbocycles. The second-order valence-corrected chi connectivity index (χ2v) is 13.4. The minimum absolute atomic E-state index is 0.0178. The number of halogens is 1. The van der Waals surface area contributed by atoms with E-state index in [0.29, 0.717) is 6.42 Å². The minimum atomic E-state index is -4.25. The highest BCUT2D eigenvalue weighted by Gasteiger charge is 2.35. The molecule has 1 N–H and O–H groups in total. The average molecular weight is 626 g/mol. The van der Waals surface area contributed by atoms with Crippen LogP contribution >= 0.6 is 11.6 Å². The van der Waals surface area contributed by atoms with E-state index in [1.807, 2.05) is 45.0 Å². The molecule has 0 spiro atoms. The third-order valence-corrected chi connectivity index (χ3v) is 9.83. The molecule has 0 unspecified atom stereocenters. The van der Waals surface area contributed by atoms with Crippen LogP contribution in [0, 0.1) is 13.8 Å². The first kappa shape index (κ1) is 32.4. The zero-order valence-electron chi connectivity index (χ0n) is 25.2. The second kappa shape index (κ2) is 14.3. The normalized spacial score (nSPS) is 14.3. The molecular weight excluding hydrogens is 586 g/mol. The number of aryl methyl sites for hydroxylation is 2. The Bertz CT molecular complexity index is 1540. The summed E-state index contributed by atoms with van der Waals surface area (Å²) in [5.41, 5.74) is 2.88. The Morgan fingerprint density at radius 1 is 1.00 bits per heavy atom. The molecule has 0 heterocycles. The molecule has 230 valence electrons. The van der Waals surface area contributed by atoms with E-state index >= 15 is 0 Å². The highest BCUT2D eigenvalue weighted by atomic mass is 35.5. The molecule has 0 aliphatic heterocycles. The van der Waals surface area contributed by atoms with Crippen molar-refractivity contribution in [2.75, 3.05) is 18.0 Å². The lowest BCUT2D eigenvalue weighted by Gasteiger charge is -2.34. The van der Waals surface area contributed by atoms with Crippen LogP contribution in [0.25, 0.3) is 0 Å². The predicted octanol–water partition coefficient (Wildman–Crippen LogP) is 6.03. The van der Waals surface area contributed by atoms with E-state index in [4.69, 9.17) is 16.3 Å². The molecule has 4 rings (SSSR count). The number of nitrogens with one attached hydrogen (secondary N) is 1. The quantitative estimate of drug-likeness (QED) is 0.265. The summed E-state index contributed by atoms with van der Waals surface area (Å²) >= 11 is 6.33. The maximum Gasteiger partial charge on any atom is 0.264 e. The van der Waals surface area contributed by atoms with Gasteiger partial charge in [-0.15, -0.1) is 0 Å². The highest BCUT2D eigenvalue weighted by molar-refractivity contribution is 7.92. The van der Waals surface area contributed by atoms with Crippen LogP contribution in [-0.4, -0.2) is 50.9 Å². The van der Waals surface area contributed by atoms with Crippen molar-refractivity contribution in [1.29, 1.82) is 0 Å². The summed E-state index contributed by atoms with van der Waals surface area (Å²) in [6.45, 7) is 5.26. The highest BCUT2D eigenvalue weighted by Crippen LogP contribution is 2.35. The predicted molar refractivity (Wildman–Crippen MR) is 170 cm³/mol. The number of carbonyl (C=O) groups is 2. The van der Waals surface area contributed by atoms with Crippen molar-refractivity contribution in [3.63, 3.8) is 0 Å². The van der Waals surface area contributed by atoms with Crippen molar-refractivity contribution in [3.05, 3.63) is 88.4 Å². The van der Waals surface area contributed by atoms with Crippen molar-refractivity contribution >= 4 is 39.1 Å².